The average molecular weight is 393 g/mol. The Labute approximate surface area is 169 Å². The molecule has 0 aromatic heterocycles. The Bertz CT molecular complexity index is 993. The second-order valence-electron chi connectivity index (χ2n) is 7.43. The summed E-state index contributed by atoms with van der Waals surface area (Å²) in [5.41, 5.74) is 3.23. The standard InChI is InChI=1S/C23H23NO5/c1-28-20-8-5-14(11-21(20)29-2)15-9-18-23(19(26)10-15)17(12-22(27)24-18)13-3-6-16(25)7-4-13/h3-8,11,15,17,25H,9-10,12H2,1-2H3,(H,24,27)/t15-,17+/m1/s1. The first-order valence-electron chi connectivity index (χ1n) is 9.57. The number of amides is 1. The van der Waals surface area contributed by atoms with Crippen molar-refractivity contribution in [1.29, 1.82) is 0 Å². The van der Waals surface area contributed by atoms with Gasteiger partial charge in [0.05, 0.1) is 14.2 Å². The molecule has 0 fully saturated rings. The third-order valence-corrected chi connectivity index (χ3v) is 5.71. The van der Waals surface area contributed by atoms with E-state index in [-0.39, 0.29) is 35.7 Å². The van der Waals surface area contributed by atoms with Crippen LogP contribution in [0.2, 0.25) is 0 Å². The predicted octanol–water partition coefficient (Wildman–Crippen LogP) is 3.41. The number of phenols is 1. The zero-order valence-corrected chi connectivity index (χ0v) is 16.4. The lowest BCUT2D eigenvalue weighted by Gasteiger charge is -2.34. The molecule has 150 valence electrons. The Kier molecular flexibility index (Phi) is 5.01. The molecule has 2 aromatic carbocycles. The Morgan fingerprint density at radius 2 is 1.59 bits per heavy atom. The van der Waals surface area contributed by atoms with Crippen molar-refractivity contribution in [3.8, 4) is 17.2 Å². The van der Waals surface area contributed by atoms with Crippen LogP contribution in [0, 0.1) is 0 Å². The molecule has 1 aliphatic heterocycles. The fourth-order valence-electron chi connectivity index (χ4n) is 4.29. The quantitative estimate of drug-likeness (QED) is 0.832. The molecule has 0 saturated heterocycles. The van der Waals surface area contributed by atoms with Gasteiger partial charge in [-0.25, -0.2) is 0 Å². The number of Topliss-reactive ketones (excluding diaryl/α,β-unsaturated/α-hetero) is 1. The summed E-state index contributed by atoms with van der Waals surface area (Å²) in [7, 11) is 3.16. The zero-order chi connectivity index (χ0) is 20.5. The third kappa shape index (κ3) is 3.58. The van der Waals surface area contributed by atoms with Gasteiger partial charge in [0, 0.05) is 30.0 Å². The van der Waals surface area contributed by atoms with Crippen LogP contribution in [-0.2, 0) is 9.59 Å². The number of carbonyl (C=O) groups excluding carboxylic acids is 2. The normalized spacial score (nSPS) is 21.4. The van der Waals surface area contributed by atoms with Gasteiger partial charge < -0.3 is 19.9 Å². The lowest BCUT2D eigenvalue weighted by Crippen LogP contribution is -2.38. The fraction of sp³-hybridized carbons (Fsp3) is 0.304. The topological polar surface area (TPSA) is 84.9 Å². The summed E-state index contributed by atoms with van der Waals surface area (Å²) >= 11 is 0. The molecule has 0 saturated carbocycles. The largest absolute Gasteiger partial charge is 0.508 e. The molecule has 1 aliphatic carbocycles. The van der Waals surface area contributed by atoms with Gasteiger partial charge in [0.2, 0.25) is 5.91 Å². The van der Waals surface area contributed by atoms with E-state index in [1.165, 1.54) is 0 Å². The number of phenolic OH excluding ortho intramolecular Hbond substituents is 1. The third-order valence-electron chi connectivity index (χ3n) is 5.71. The van der Waals surface area contributed by atoms with Crippen molar-refractivity contribution in [3.05, 3.63) is 64.9 Å². The van der Waals surface area contributed by atoms with Gasteiger partial charge in [0.1, 0.15) is 5.75 Å². The summed E-state index contributed by atoms with van der Waals surface area (Å²) in [4.78, 5) is 25.5. The zero-order valence-electron chi connectivity index (χ0n) is 16.4. The first-order chi connectivity index (χ1) is 14.0. The average Bonchev–Trinajstić information content (AvgIpc) is 2.72. The van der Waals surface area contributed by atoms with Crippen molar-refractivity contribution in [3.63, 3.8) is 0 Å². The fourth-order valence-corrected chi connectivity index (χ4v) is 4.29. The van der Waals surface area contributed by atoms with Crippen LogP contribution >= 0.6 is 0 Å². The molecule has 1 heterocycles. The molecular formula is C23H23NO5. The molecule has 4 rings (SSSR count). The van der Waals surface area contributed by atoms with E-state index in [0.717, 1.165) is 11.1 Å². The molecule has 2 aromatic rings. The van der Waals surface area contributed by atoms with Crippen LogP contribution in [0.5, 0.6) is 17.2 Å². The van der Waals surface area contributed by atoms with Crippen LogP contribution in [0.4, 0.5) is 0 Å². The molecule has 2 aliphatic rings. The molecule has 2 N–H and O–H groups in total. The lowest BCUT2D eigenvalue weighted by molar-refractivity contribution is -0.122. The molecule has 6 heteroatoms. The highest BCUT2D eigenvalue weighted by Crippen LogP contribution is 2.43. The highest BCUT2D eigenvalue weighted by atomic mass is 16.5. The molecule has 29 heavy (non-hydrogen) atoms. The first kappa shape index (κ1) is 19.1. The van der Waals surface area contributed by atoms with Crippen molar-refractivity contribution in [2.75, 3.05) is 14.2 Å². The van der Waals surface area contributed by atoms with E-state index in [1.54, 1.807) is 38.5 Å². The highest BCUT2D eigenvalue weighted by Gasteiger charge is 2.38. The summed E-state index contributed by atoms with van der Waals surface area (Å²) in [6.45, 7) is 0. The van der Waals surface area contributed by atoms with Crippen LogP contribution < -0.4 is 14.8 Å². The second-order valence-corrected chi connectivity index (χ2v) is 7.43. The molecular weight excluding hydrogens is 370 g/mol. The first-order valence-corrected chi connectivity index (χ1v) is 9.57. The van der Waals surface area contributed by atoms with E-state index in [1.807, 2.05) is 18.2 Å². The van der Waals surface area contributed by atoms with Gasteiger partial charge in [0.15, 0.2) is 17.3 Å². The molecule has 0 spiro atoms. The number of aromatic hydroxyl groups is 1. The number of nitrogens with one attached hydrogen (secondary N) is 1. The van der Waals surface area contributed by atoms with Gasteiger partial charge >= 0.3 is 0 Å². The smallest absolute Gasteiger partial charge is 0.225 e. The number of ether oxygens (including phenoxy) is 2. The Hall–Kier alpha value is -3.28. The molecule has 2 atom stereocenters. The summed E-state index contributed by atoms with van der Waals surface area (Å²) in [6, 6.07) is 12.4. The SMILES string of the molecule is COc1ccc([C@H]2CC(=O)C3=C(C2)NC(=O)C[C@H]3c2ccc(O)cc2)cc1OC. The predicted molar refractivity (Wildman–Crippen MR) is 107 cm³/mol. The Morgan fingerprint density at radius 1 is 0.897 bits per heavy atom. The minimum Gasteiger partial charge on any atom is -0.508 e. The molecule has 0 radical (unpaired) electrons. The molecule has 0 unspecified atom stereocenters. The number of allylic oxidation sites excluding steroid dienone is 2. The molecule has 1 amide bonds. The van der Waals surface area contributed by atoms with E-state index in [9.17, 15) is 14.7 Å². The Morgan fingerprint density at radius 3 is 2.28 bits per heavy atom. The number of hydrogen-bond acceptors (Lipinski definition) is 5. The number of hydrogen-bond donors (Lipinski definition) is 2. The number of rotatable bonds is 4. The summed E-state index contributed by atoms with van der Waals surface area (Å²) in [5.74, 6) is 1.04. The van der Waals surface area contributed by atoms with Crippen molar-refractivity contribution >= 4 is 11.7 Å². The molecule has 6 nitrogen and oxygen atoms in total. The maximum atomic E-state index is 13.1. The van der Waals surface area contributed by atoms with E-state index in [4.69, 9.17) is 9.47 Å². The van der Waals surface area contributed by atoms with E-state index in [0.29, 0.717) is 35.6 Å². The lowest BCUT2D eigenvalue weighted by atomic mass is 9.73. The number of ketones is 1. The summed E-state index contributed by atoms with van der Waals surface area (Å²) in [6.07, 6.45) is 1.19. The van der Waals surface area contributed by atoms with Crippen molar-refractivity contribution in [2.45, 2.75) is 31.1 Å². The number of carbonyl (C=O) groups is 2. The van der Waals surface area contributed by atoms with Crippen molar-refractivity contribution < 1.29 is 24.2 Å². The molecule has 0 bridgehead atoms. The van der Waals surface area contributed by atoms with Gasteiger partial charge in [0.25, 0.3) is 0 Å². The minimum absolute atomic E-state index is 0.0417. The second kappa shape index (κ2) is 7.62. The van der Waals surface area contributed by atoms with E-state index in [2.05, 4.69) is 5.32 Å². The van der Waals surface area contributed by atoms with Gasteiger partial charge in [-0.05, 0) is 47.7 Å². The maximum absolute atomic E-state index is 13.1. The Balaban J connectivity index is 1.68. The van der Waals surface area contributed by atoms with Crippen LogP contribution in [0.25, 0.3) is 0 Å². The van der Waals surface area contributed by atoms with Crippen molar-refractivity contribution in [2.24, 2.45) is 0 Å². The van der Waals surface area contributed by atoms with Gasteiger partial charge in [-0.3, -0.25) is 9.59 Å². The van der Waals surface area contributed by atoms with Crippen LogP contribution in [0.1, 0.15) is 42.2 Å². The summed E-state index contributed by atoms with van der Waals surface area (Å²) in [5, 5.41) is 12.5. The number of benzene rings is 2. The maximum Gasteiger partial charge on any atom is 0.225 e. The summed E-state index contributed by atoms with van der Waals surface area (Å²) < 4.78 is 10.7. The highest BCUT2D eigenvalue weighted by molar-refractivity contribution is 6.02. The van der Waals surface area contributed by atoms with Crippen LogP contribution in [0.3, 0.4) is 0 Å². The minimum atomic E-state index is -0.279. The monoisotopic (exact) mass is 393 g/mol. The number of methoxy groups -OCH3 is 2. The van der Waals surface area contributed by atoms with Crippen LogP contribution in [-0.4, -0.2) is 31.0 Å². The van der Waals surface area contributed by atoms with E-state index >= 15 is 0 Å². The van der Waals surface area contributed by atoms with Crippen LogP contribution in [0.15, 0.2) is 53.7 Å². The van der Waals surface area contributed by atoms with Gasteiger partial charge in [-0.15, -0.1) is 0 Å². The van der Waals surface area contributed by atoms with E-state index < -0.39 is 0 Å². The van der Waals surface area contributed by atoms with Gasteiger partial charge in [-0.2, -0.15) is 0 Å². The van der Waals surface area contributed by atoms with Gasteiger partial charge in [-0.1, -0.05) is 18.2 Å². The van der Waals surface area contributed by atoms with Crippen molar-refractivity contribution in [1.82, 2.24) is 5.32 Å².